The third-order valence-electron chi connectivity index (χ3n) is 3.80. The van der Waals surface area contributed by atoms with E-state index in [0.29, 0.717) is 27.7 Å². The number of hydrogen-bond acceptors (Lipinski definition) is 7. The lowest BCUT2D eigenvalue weighted by Gasteiger charge is -2.14. The first-order chi connectivity index (χ1) is 12.5. The number of phenols is 1. The number of nitrogens with zero attached hydrogens (tertiary/aromatic N) is 2. The normalized spacial score (nSPS) is 12.0. The number of phenolic OH excluding ortho intramolecular Hbond substituents is 1. The van der Waals surface area contributed by atoms with Gasteiger partial charge in [0.2, 0.25) is 0 Å². The number of fused-ring (bicyclic) bond motifs is 1. The monoisotopic (exact) mass is 372 g/mol. The van der Waals surface area contributed by atoms with Gasteiger partial charge in [-0.05, 0) is 30.3 Å². The molecule has 0 spiro atoms. The average Bonchev–Trinajstić information content (AvgIpc) is 2.66. The number of para-hydroxylation sites is 1. The Kier molecular flexibility index (Phi) is 5.20. The van der Waals surface area contributed by atoms with Crippen LogP contribution >= 0.6 is 11.6 Å². The number of hydrogen-bond donors (Lipinski definition) is 3. The molecule has 1 aromatic heterocycles. The maximum Gasteiger partial charge on any atom is 0.324 e. The zero-order chi connectivity index (χ0) is 18.7. The Balaban J connectivity index is 2.04. The van der Waals surface area contributed by atoms with Crippen LogP contribution in [-0.2, 0) is 9.53 Å². The van der Waals surface area contributed by atoms with Gasteiger partial charge < -0.3 is 20.9 Å². The predicted molar refractivity (Wildman–Crippen MR) is 100 cm³/mol. The van der Waals surface area contributed by atoms with Crippen molar-refractivity contribution in [3.8, 4) is 17.1 Å². The fourth-order valence-corrected chi connectivity index (χ4v) is 2.63. The van der Waals surface area contributed by atoms with E-state index in [0.717, 1.165) is 5.39 Å². The molecule has 0 saturated heterocycles. The van der Waals surface area contributed by atoms with E-state index in [-0.39, 0.29) is 12.3 Å². The summed E-state index contributed by atoms with van der Waals surface area (Å²) in [5, 5.41) is 14.4. The Morgan fingerprint density at radius 3 is 2.85 bits per heavy atom. The number of methoxy groups -OCH3 is 1. The van der Waals surface area contributed by atoms with Crippen LogP contribution in [0.4, 0.5) is 5.82 Å². The maximum atomic E-state index is 11.5. The summed E-state index contributed by atoms with van der Waals surface area (Å²) >= 11 is 6.03. The molecule has 7 nitrogen and oxygen atoms in total. The van der Waals surface area contributed by atoms with Crippen LogP contribution in [0.25, 0.3) is 22.3 Å². The van der Waals surface area contributed by atoms with Crippen molar-refractivity contribution in [1.29, 1.82) is 0 Å². The Bertz CT molecular complexity index is 964. The fourth-order valence-electron chi connectivity index (χ4n) is 2.46. The Labute approximate surface area is 154 Å². The van der Waals surface area contributed by atoms with Gasteiger partial charge in [0, 0.05) is 17.0 Å². The second-order valence-electron chi connectivity index (χ2n) is 5.58. The summed E-state index contributed by atoms with van der Waals surface area (Å²) in [5.41, 5.74) is 6.85. The third kappa shape index (κ3) is 3.68. The van der Waals surface area contributed by atoms with E-state index < -0.39 is 12.0 Å². The van der Waals surface area contributed by atoms with Crippen LogP contribution in [0.3, 0.4) is 0 Å². The van der Waals surface area contributed by atoms with Crippen LogP contribution in [-0.4, -0.2) is 40.7 Å². The van der Waals surface area contributed by atoms with Crippen molar-refractivity contribution < 1.29 is 14.6 Å². The van der Waals surface area contributed by atoms with Crippen LogP contribution in [0.1, 0.15) is 0 Å². The molecule has 0 aliphatic carbocycles. The van der Waals surface area contributed by atoms with Gasteiger partial charge in [0.05, 0.1) is 18.2 Å². The first-order valence-corrected chi connectivity index (χ1v) is 8.20. The summed E-state index contributed by atoms with van der Waals surface area (Å²) in [7, 11) is 1.28. The van der Waals surface area contributed by atoms with E-state index in [4.69, 9.17) is 17.3 Å². The Morgan fingerprint density at radius 1 is 1.31 bits per heavy atom. The van der Waals surface area contributed by atoms with Gasteiger partial charge in [-0.3, -0.25) is 4.79 Å². The molecule has 0 amide bonds. The average molecular weight is 373 g/mol. The molecule has 4 N–H and O–H groups in total. The van der Waals surface area contributed by atoms with Crippen molar-refractivity contribution in [2.24, 2.45) is 5.73 Å². The highest BCUT2D eigenvalue weighted by Crippen LogP contribution is 2.32. The van der Waals surface area contributed by atoms with Gasteiger partial charge in [-0.2, -0.15) is 0 Å². The second-order valence-corrected chi connectivity index (χ2v) is 6.02. The minimum Gasteiger partial charge on any atom is -0.507 e. The second kappa shape index (κ2) is 7.55. The summed E-state index contributed by atoms with van der Waals surface area (Å²) in [6, 6.07) is 11.2. The zero-order valence-corrected chi connectivity index (χ0v) is 14.7. The van der Waals surface area contributed by atoms with Gasteiger partial charge in [-0.25, -0.2) is 9.97 Å². The molecule has 2 aromatic carbocycles. The van der Waals surface area contributed by atoms with Crippen molar-refractivity contribution in [3.63, 3.8) is 0 Å². The zero-order valence-electron chi connectivity index (χ0n) is 13.9. The minimum atomic E-state index is -0.836. The van der Waals surface area contributed by atoms with E-state index in [9.17, 15) is 9.90 Å². The predicted octanol–water partition coefficient (Wildman–Crippen LogP) is 2.57. The number of rotatable bonds is 5. The molecule has 3 rings (SSSR count). The van der Waals surface area contributed by atoms with E-state index in [1.807, 2.05) is 24.3 Å². The molecule has 1 unspecified atom stereocenters. The molecule has 134 valence electrons. The number of anilines is 1. The lowest BCUT2D eigenvalue weighted by Crippen LogP contribution is -2.38. The number of aromatic hydroxyl groups is 1. The SMILES string of the molecule is COC(=O)C(N)CNc1nc(-c2cc(Cl)ccc2O)nc2ccccc12. The number of carbonyl (C=O) groups is 1. The topological polar surface area (TPSA) is 110 Å². The van der Waals surface area contributed by atoms with Crippen molar-refractivity contribution in [3.05, 3.63) is 47.5 Å². The molecule has 0 radical (unpaired) electrons. The van der Waals surface area contributed by atoms with Gasteiger partial charge in [-0.1, -0.05) is 23.7 Å². The van der Waals surface area contributed by atoms with Gasteiger partial charge in [0.15, 0.2) is 5.82 Å². The fraction of sp³-hybridized carbons (Fsp3) is 0.167. The molecule has 1 heterocycles. The van der Waals surface area contributed by atoms with Gasteiger partial charge in [-0.15, -0.1) is 0 Å². The molecule has 0 aliphatic heterocycles. The van der Waals surface area contributed by atoms with Crippen molar-refractivity contribution in [1.82, 2.24) is 9.97 Å². The van der Waals surface area contributed by atoms with Crippen LogP contribution in [0.2, 0.25) is 5.02 Å². The molecule has 0 saturated carbocycles. The number of halogens is 1. The smallest absolute Gasteiger partial charge is 0.324 e. The molecular weight excluding hydrogens is 356 g/mol. The largest absolute Gasteiger partial charge is 0.507 e. The number of nitrogens with one attached hydrogen (secondary N) is 1. The van der Waals surface area contributed by atoms with E-state index in [1.165, 1.54) is 13.2 Å². The first-order valence-electron chi connectivity index (χ1n) is 7.82. The van der Waals surface area contributed by atoms with Crippen LogP contribution in [0, 0.1) is 0 Å². The summed E-state index contributed by atoms with van der Waals surface area (Å²) in [5.74, 6) is 0.285. The van der Waals surface area contributed by atoms with Gasteiger partial charge in [0.1, 0.15) is 17.6 Å². The maximum absolute atomic E-state index is 11.5. The number of nitrogens with two attached hydrogens (primary N) is 1. The van der Waals surface area contributed by atoms with Crippen molar-refractivity contribution >= 4 is 34.3 Å². The molecule has 3 aromatic rings. The third-order valence-corrected chi connectivity index (χ3v) is 4.03. The number of carbonyl (C=O) groups excluding carboxylic acids is 1. The molecule has 0 bridgehead atoms. The quantitative estimate of drug-likeness (QED) is 0.590. The Hall–Kier alpha value is -2.90. The summed E-state index contributed by atoms with van der Waals surface area (Å²) in [6.45, 7) is 0.134. The van der Waals surface area contributed by atoms with Gasteiger partial charge >= 0.3 is 5.97 Å². The van der Waals surface area contributed by atoms with Crippen LogP contribution in [0.5, 0.6) is 5.75 Å². The van der Waals surface area contributed by atoms with E-state index >= 15 is 0 Å². The molecular formula is C18H17ClN4O3. The van der Waals surface area contributed by atoms with Gasteiger partial charge in [0.25, 0.3) is 0 Å². The number of esters is 1. The molecule has 26 heavy (non-hydrogen) atoms. The minimum absolute atomic E-state index is 0.0156. The number of aromatic nitrogens is 2. The summed E-state index contributed by atoms with van der Waals surface area (Å²) in [6.07, 6.45) is 0. The molecule has 0 aliphatic rings. The highest BCUT2D eigenvalue weighted by atomic mass is 35.5. The Morgan fingerprint density at radius 2 is 2.08 bits per heavy atom. The van der Waals surface area contributed by atoms with Crippen molar-refractivity contribution in [2.75, 3.05) is 19.0 Å². The summed E-state index contributed by atoms with van der Waals surface area (Å²) < 4.78 is 4.63. The standard InChI is InChI=1S/C18H17ClN4O3/c1-26-18(25)13(20)9-21-16-11-4-2-3-5-14(11)22-17(23-16)12-8-10(19)6-7-15(12)24/h2-8,13,24H,9,20H2,1H3,(H,21,22,23). The molecule has 0 fully saturated rings. The lowest BCUT2D eigenvalue weighted by molar-refractivity contribution is -0.141. The lowest BCUT2D eigenvalue weighted by atomic mass is 10.1. The number of ether oxygens (including phenoxy) is 1. The van der Waals surface area contributed by atoms with Crippen molar-refractivity contribution in [2.45, 2.75) is 6.04 Å². The first kappa shape index (κ1) is 17.9. The van der Waals surface area contributed by atoms with E-state index in [2.05, 4.69) is 20.0 Å². The molecule has 8 heteroatoms. The highest BCUT2D eigenvalue weighted by molar-refractivity contribution is 6.30. The number of benzene rings is 2. The summed E-state index contributed by atoms with van der Waals surface area (Å²) in [4.78, 5) is 20.5. The van der Waals surface area contributed by atoms with E-state index in [1.54, 1.807) is 12.1 Å². The molecule has 1 atom stereocenters. The highest BCUT2D eigenvalue weighted by Gasteiger charge is 2.16. The van der Waals surface area contributed by atoms with Crippen LogP contribution in [0.15, 0.2) is 42.5 Å². The van der Waals surface area contributed by atoms with Crippen LogP contribution < -0.4 is 11.1 Å².